The van der Waals surface area contributed by atoms with Crippen LogP contribution in [0.3, 0.4) is 0 Å². The van der Waals surface area contributed by atoms with Gasteiger partial charge in [0, 0.05) is 40.7 Å². The summed E-state index contributed by atoms with van der Waals surface area (Å²) in [5, 5.41) is 2.83. The van der Waals surface area contributed by atoms with Gasteiger partial charge in [0.05, 0.1) is 11.3 Å². The van der Waals surface area contributed by atoms with Crippen LogP contribution in [0, 0.1) is 6.92 Å². The van der Waals surface area contributed by atoms with Crippen molar-refractivity contribution >= 4 is 22.4 Å². The highest BCUT2D eigenvalue weighted by molar-refractivity contribution is 7.84. The molecule has 7 heteroatoms. The molecule has 0 bridgehead atoms. The number of hydrogen-bond acceptors (Lipinski definition) is 5. The molecule has 0 aromatic carbocycles. The van der Waals surface area contributed by atoms with Gasteiger partial charge < -0.3 is 10.7 Å². The highest BCUT2D eigenvalue weighted by Gasteiger charge is 2.12. The Morgan fingerprint density at radius 2 is 2.26 bits per heavy atom. The van der Waals surface area contributed by atoms with Crippen LogP contribution in [0.1, 0.15) is 29.4 Å². The highest BCUT2D eigenvalue weighted by atomic mass is 32.2. The van der Waals surface area contributed by atoms with E-state index in [9.17, 15) is 9.00 Å². The standard InChI is InChI=1S/C12H20N4O2S/c1-8-6-11(16-13)10(7-15-8)12(17)14-5-4-9(2)19(3)18/h6-7,9H,4-5,13H2,1-3H3,(H,14,17)(H,15,16). The van der Waals surface area contributed by atoms with E-state index in [2.05, 4.69) is 15.7 Å². The van der Waals surface area contributed by atoms with E-state index in [1.54, 1.807) is 12.3 Å². The van der Waals surface area contributed by atoms with Crippen molar-refractivity contribution in [2.24, 2.45) is 5.84 Å². The zero-order valence-electron chi connectivity index (χ0n) is 11.4. The fourth-order valence-corrected chi connectivity index (χ4v) is 1.96. The van der Waals surface area contributed by atoms with Crippen LogP contribution in [0.15, 0.2) is 12.3 Å². The van der Waals surface area contributed by atoms with E-state index in [1.165, 1.54) is 6.20 Å². The topological polar surface area (TPSA) is 97.1 Å². The number of aryl methyl sites for hydroxylation is 1. The average Bonchev–Trinajstić information content (AvgIpc) is 2.37. The zero-order valence-corrected chi connectivity index (χ0v) is 12.2. The molecule has 0 aliphatic heterocycles. The van der Waals surface area contributed by atoms with Crippen LogP contribution < -0.4 is 16.6 Å². The quantitative estimate of drug-likeness (QED) is 0.524. The van der Waals surface area contributed by atoms with Gasteiger partial charge in [-0.15, -0.1) is 0 Å². The van der Waals surface area contributed by atoms with Crippen molar-refractivity contribution in [3.8, 4) is 0 Å². The number of nitrogens with zero attached hydrogens (tertiary/aromatic N) is 1. The highest BCUT2D eigenvalue weighted by Crippen LogP contribution is 2.14. The van der Waals surface area contributed by atoms with E-state index < -0.39 is 10.8 Å². The average molecular weight is 284 g/mol. The van der Waals surface area contributed by atoms with Crippen LogP contribution in [-0.4, -0.2) is 33.2 Å². The Balaban J connectivity index is 2.61. The van der Waals surface area contributed by atoms with Crippen molar-refractivity contribution in [1.29, 1.82) is 0 Å². The molecule has 0 saturated heterocycles. The van der Waals surface area contributed by atoms with Gasteiger partial charge in [-0.2, -0.15) is 0 Å². The molecular weight excluding hydrogens is 264 g/mol. The third-order valence-corrected chi connectivity index (χ3v) is 4.21. The number of nitrogens with one attached hydrogen (secondary N) is 2. The number of carbonyl (C=O) groups is 1. The number of hydrogen-bond donors (Lipinski definition) is 3. The van der Waals surface area contributed by atoms with Gasteiger partial charge in [0.15, 0.2) is 0 Å². The lowest BCUT2D eigenvalue weighted by Crippen LogP contribution is -2.28. The lowest BCUT2D eigenvalue weighted by Gasteiger charge is -2.11. The molecule has 1 aromatic rings. The van der Waals surface area contributed by atoms with Crippen LogP contribution in [0.2, 0.25) is 0 Å². The Morgan fingerprint density at radius 1 is 1.58 bits per heavy atom. The third-order valence-electron chi connectivity index (χ3n) is 2.84. The molecule has 4 N–H and O–H groups in total. The Kier molecular flexibility index (Phi) is 5.91. The van der Waals surface area contributed by atoms with Crippen molar-refractivity contribution in [2.75, 3.05) is 18.2 Å². The Labute approximate surface area is 115 Å². The molecule has 1 amide bonds. The summed E-state index contributed by atoms with van der Waals surface area (Å²) in [6, 6.07) is 1.71. The Hall–Kier alpha value is -1.47. The molecule has 19 heavy (non-hydrogen) atoms. The summed E-state index contributed by atoms with van der Waals surface area (Å²) in [6.07, 6.45) is 3.81. The Morgan fingerprint density at radius 3 is 2.84 bits per heavy atom. The van der Waals surface area contributed by atoms with Gasteiger partial charge in [-0.05, 0) is 19.4 Å². The fourth-order valence-electron chi connectivity index (χ4n) is 1.51. The molecular formula is C12H20N4O2S. The number of carbonyl (C=O) groups excluding carboxylic acids is 1. The number of rotatable bonds is 6. The van der Waals surface area contributed by atoms with Crippen LogP contribution in [0.5, 0.6) is 0 Å². The van der Waals surface area contributed by atoms with Gasteiger partial charge in [-0.1, -0.05) is 6.92 Å². The molecule has 0 radical (unpaired) electrons. The molecule has 0 saturated carbocycles. The SMILES string of the molecule is Cc1cc(NN)c(C(=O)NCCC(C)S(C)=O)cn1. The van der Waals surface area contributed by atoms with Crippen molar-refractivity contribution in [2.45, 2.75) is 25.5 Å². The van der Waals surface area contributed by atoms with Crippen LogP contribution in [-0.2, 0) is 10.8 Å². The maximum atomic E-state index is 12.0. The van der Waals surface area contributed by atoms with Gasteiger partial charge in [0.2, 0.25) is 0 Å². The minimum atomic E-state index is -0.875. The van der Waals surface area contributed by atoms with Gasteiger partial charge >= 0.3 is 0 Å². The van der Waals surface area contributed by atoms with E-state index in [4.69, 9.17) is 5.84 Å². The van der Waals surface area contributed by atoms with Crippen molar-refractivity contribution in [1.82, 2.24) is 10.3 Å². The predicted octanol–water partition coefficient (Wildman–Crippen LogP) is 0.563. The van der Waals surface area contributed by atoms with Crippen molar-refractivity contribution in [3.05, 3.63) is 23.5 Å². The van der Waals surface area contributed by atoms with Gasteiger partial charge in [0.25, 0.3) is 5.91 Å². The molecule has 1 aromatic heterocycles. The number of anilines is 1. The molecule has 2 atom stereocenters. The second-order valence-electron chi connectivity index (χ2n) is 4.37. The molecule has 1 heterocycles. The predicted molar refractivity (Wildman–Crippen MR) is 77.3 cm³/mol. The minimum Gasteiger partial charge on any atom is -0.352 e. The second kappa shape index (κ2) is 7.20. The molecule has 2 unspecified atom stereocenters. The smallest absolute Gasteiger partial charge is 0.255 e. The van der Waals surface area contributed by atoms with Crippen molar-refractivity contribution < 1.29 is 9.00 Å². The Bertz CT molecular complexity index is 479. The van der Waals surface area contributed by atoms with Crippen molar-refractivity contribution in [3.63, 3.8) is 0 Å². The molecule has 0 aliphatic rings. The summed E-state index contributed by atoms with van der Waals surface area (Å²) in [7, 11) is -0.875. The van der Waals surface area contributed by atoms with Crippen LogP contribution >= 0.6 is 0 Å². The number of hydrazine groups is 1. The van der Waals surface area contributed by atoms with Crippen LogP contribution in [0.25, 0.3) is 0 Å². The molecule has 0 aliphatic carbocycles. The summed E-state index contributed by atoms with van der Waals surface area (Å²) < 4.78 is 11.2. The largest absolute Gasteiger partial charge is 0.352 e. The maximum absolute atomic E-state index is 12.0. The molecule has 6 nitrogen and oxygen atoms in total. The summed E-state index contributed by atoms with van der Waals surface area (Å²) >= 11 is 0. The van der Waals surface area contributed by atoms with E-state index in [-0.39, 0.29) is 11.2 Å². The lowest BCUT2D eigenvalue weighted by atomic mass is 10.2. The number of nitrogen functional groups attached to an aromatic ring is 1. The number of aromatic nitrogens is 1. The van der Waals surface area contributed by atoms with Gasteiger partial charge in [0.1, 0.15) is 0 Å². The lowest BCUT2D eigenvalue weighted by molar-refractivity contribution is 0.0953. The zero-order chi connectivity index (χ0) is 14.4. The third kappa shape index (κ3) is 4.60. The van der Waals surface area contributed by atoms with E-state index in [0.29, 0.717) is 24.2 Å². The first-order valence-corrected chi connectivity index (χ1v) is 7.61. The first-order valence-electron chi connectivity index (χ1n) is 5.99. The number of nitrogens with two attached hydrogens (primary N) is 1. The monoisotopic (exact) mass is 284 g/mol. The van der Waals surface area contributed by atoms with E-state index in [1.807, 2.05) is 13.8 Å². The number of amides is 1. The first-order chi connectivity index (χ1) is 8.95. The first kappa shape index (κ1) is 15.6. The summed E-state index contributed by atoms with van der Waals surface area (Å²) in [5.74, 6) is 5.13. The normalized spacial score (nSPS) is 13.7. The molecule has 1 rings (SSSR count). The molecule has 106 valence electrons. The van der Waals surface area contributed by atoms with E-state index in [0.717, 1.165) is 5.69 Å². The molecule has 0 fully saturated rings. The number of pyridine rings is 1. The molecule has 0 spiro atoms. The van der Waals surface area contributed by atoms with Gasteiger partial charge in [-0.25, -0.2) is 0 Å². The summed E-state index contributed by atoms with van der Waals surface area (Å²) in [5.41, 5.74) is 4.20. The summed E-state index contributed by atoms with van der Waals surface area (Å²) in [4.78, 5) is 16.0. The van der Waals surface area contributed by atoms with Crippen LogP contribution in [0.4, 0.5) is 5.69 Å². The van der Waals surface area contributed by atoms with Gasteiger partial charge in [-0.3, -0.25) is 19.8 Å². The second-order valence-corrected chi connectivity index (χ2v) is 6.17. The fraction of sp³-hybridized carbons (Fsp3) is 0.500. The summed E-state index contributed by atoms with van der Waals surface area (Å²) in [6.45, 7) is 4.18. The maximum Gasteiger partial charge on any atom is 0.255 e. The van der Waals surface area contributed by atoms with E-state index >= 15 is 0 Å². The minimum absolute atomic E-state index is 0.0588.